The molecule has 0 bridgehead atoms. The summed E-state index contributed by atoms with van der Waals surface area (Å²) in [6.07, 6.45) is 8.12. The van der Waals surface area contributed by atoms with Crippen molar-refractivity contribution in [3.63, 3.8) is 0 Å². The van der Waals surface area contributed by atoms with E-state index in [9.17, 15) is 19.2 Å². The molecule has 158 valence electrons. The van der Waals surface area contributed by atoms with Crippen molar-refractivity contribution in [3.8, 4) is 0 Å². The van der Waals surface area contributed by atoms with Crippen molar-refractivity contribution in [2.75, 3.05) is 6.54 Å². The van der Waals surface area contributed by atoms with E-state index in [1.807, 2.05) is 0 Å². The predicted octanol–water partition coefficient (Wildman–Crippen LogP) is 3.38. The van der Waals surface area contributed by atoms with Crippen LogP contribution in [0.5, 0.6) is 0 Å². The fourth-order valence-corrected chi connectivity index (χ4v) is 3.50. The van der Waals surface area contributed by atoms with Crippen LogP contribution in [0.2, 0.25) is 0 Å². The quantitative estimate of drug-likeness (QED) is 0.389. The Bertz CT molecular complexity index is 711. The van der Waals surface area contributed by atoms with Gasteiger partial charge in [-0.15, -0.1) is 0 Å². The van der Waals surface area contributed by atoms with Gasteiger partial charge in [-0.1, -0.05) is 50.7 Å². The van der Waals surface area contributed by atoms with E-state index in [1.165, 1.54) is 0 Å². The van der Waals surface area contributed by atoms with Gasteiger partial charge in [-0.25, -0.2) is 0 Å². The molecule has 1 aliphatic heterocycles. The van der Waals surface area contributed by atoms with Crippen LogP contribution in [0.25, 0.3) is 0 Å². The van der Waals surface area contributed by atoms with E-state index in [0.29, 0.717) is 17.7 Å². The highest BCUT2D eigenvalue weighted by Gasteiger charge is 2.40. The normalized spacial score (nSPS) is 14.0. The first-order valence-corrected chi connectivity index (χ1v) is 10.4. The average Bonchev–Trinajstić information content (AvgIpc) is 2.96. The molecule has 0 aliphatic carbocycles. The summed E-state index contributed by atoms with van der Waals surface area (Å²) in [5.74, 6) is -1.89. The Morgan fingerprint density at radius 2 is 1.38 bits per heavy atom. The number of benzene rings is 1. The lowest BCUT2D eigenvalue weighted by molar-refractivity contribution is -0.137. The number of carboxylic acids is 1. The Hall–Kier alpha value is -2.70. The maximum atomic E-state index is 12.4. The van der Waals surface area contributed by atoms with E-state index < -0.39 is 23.8 Å². The van der Waals surface area contributed by atoms with Crippen LogP contribution >= 0.6 is 0 Å². The molecule has 0 aromatic heterocycles. The van der Waals surface area contributed by atoms with Crippen molar-refractivity contribution in [1.82, 2.24) is 10.2 Å². The summed E-state index contributed by atoms with van der Waals surface area (Å²) >= 11 is 0. The molecular weight excluding hydrogens is 372 g/mol. The Morgan fingerprint density at radius 3 is 1.90 bits per heavy atom. The zero-order valence-electron chi connectivity index (χ0n) is 17.0. The molecule has 3 amide bonds. The number of nitrogens with zero attached hydrogens (tertiary/aromatic N) is 1. The first-order valence-electron chi connectivity index (χ1n) is 10.4. The second kappa shape index (κ2) is 11.3. The van der Waals surface area contributed by atoms with E-state index in [1.54, 1.807) is 31.2 Å². The summed E-state index contributed by atoms with van der Waals surface area (Å²) in [5, 5.41) is 11.4. The molecule has 0 saturated carbocycles. The standard InChI is InChI=1S/C22H30N2O5/c1-16(24-21(28)17-12-9-10-13-18(17)22(24)29)20(27)23-15-11-7-5-3-2-4-6-8-14-19(25)26/h9-10,12-13,16H,2-8,11,14-15H2,1H3,(H,23,27)(H,25,26). The lowest BCUT2D eigenvalue weighted by atomic mass is 10.1. The first kappa shape index (κ1) is 22.6. The number of nitrogens with one attached hydrogen (secondary N) is 1. The zero-order chi connectivity index (χ0) is 21.2. The van der Waals surface area contributed by atoms with Gasteiger partial charge in [0.1, 0.15) is 6.04 Å². The van der Waals surface area contributed by atoms with Crippen molar-refractivity contribution in [3.05, 3.63) is 35.4 Å². The summed E-state index contributed by atoms with van der Waals surface area (Å²) in [6.45, 7) is 2.09. The van der Waals surface area contributed by atoms with Gasteiger partial charge in [0.15, 0.2) is 0 Å². The third-order valence-electron chi connectivity index (χ3n) is 5.21. The van der Waals surface area contributed by atoms with E-state index >= 15 is 0 Å². The Morgan fingerprint density at radius 1 is 0.897 bits per heavy atom. The summed E-state index contributed by atoms with van der Waals surface area (Å²) in [5.41, 5.74) is 0.695. The van der Waals surface area contributed by atoms with Crippen LogP contribution in [0, 0.1) is 0 Å². The van der Waals surface area contributed by atoms with Gasteiger partial charge in [0.05, 0.1) is 11.1 Å². The number of rotatable bonds is 13. The molecular formula is C22H30N2O5. The fourth-order valence-electron chi connectivity index (χ4n) is 3.50. The molecule has 1 heterocycles. The summed E-state index contributed by atoms with van der Waals surface area (Å²) in [6, 6.07) is 5.77. The molecule has 0 spiro atoms. The summed E-state index contributed by atoms with van der Waals surface area (Å²) < 4.78 is 0. The van der Waals surface area contributed by atoms with Gasteiger partial charge in [-0.3, -0.25) is 24.1 Å². The van der Waals surface area contributed by atoms with Gasteiger partial charge in [0.25, 0.3) is 11.8 Å². The lowest BCUT2D eigenvalue weighted by Gasteiger charge is -2.21. The molecule has 1 atom stereocenters. The monoisotopic (exact) mass is 402 g/mol. The molecule has 29 heavy (non-hydrogen) atoms. The van der Waals surface area contributed by atoms with E-state index in [4.69, 9.17) is 5.11 Å². The molecule has 0 radical (unpaired) electrons. The minimum Gasteiger partial charge on any atom is -0.481 e. The van der Waals surface area contributed by atoms with Crippen molar-refractivity contribution in [1.29, 1.82) is 0 Å². The number of imide groups is 1. The van der Waals surface area contributed by atoms with Crippen LogP contribution in [0.4, 0.5) is 0 Å². The van der Waals surface area contributed by atoms with E-state index in [-0.39, 0.29) is 12.3 Å². The highest BCUT2D eigenvalue weighted by atomic mass is 16.4. The zero-order valence-corrected chi connectivity index (χ0v) is 17.0. The van der Waals surface area contributed by atoms with Gasteiger partial charge in [0, 0.05) is 13.0 Å². The van der Waals surface area contributed by atoms with Crippen molar-refractivity contribution >= 4 is 23.7 Å². The number of carbonyl (C=O) groups is 4. The number of carboxylic acid groups (broad SMARTS) is 1. The maximum absolute atomic E-state index is 12.4. The SMILES string of the molecule is CC(C(=O)NCCCCCCCCCCC(=O)O)N1C(=O)c2ccccc2C1=O. The number of carbonyl (C=O) groups excluding carboxylic acids is 3. The van der Waals surface area contributed by atoms with Crippen molar-refractivity contribution in [2.24, 2.45) is 0 Å². The lowest BCUT2D eigenvalue weighted by Crippen LogP contribution is -2.48. The number of hydrogen-bond donors (Lipinski definition) is 2. The first-order chi connectivity index (χ1) is 13.9. The Labute approximate surface area is 171 Å². The third-order valence-corrected chi connectivity index (χ3v) is 5.21. The second-order valence-corrected chi connectivity index (χ2v) is 7.47. The molecule has 1 aliphatic rings. The minimum atomic E-state index is -0.840. The molecule has 1 aromatic rings. The topological polar surface area (TPSA) is 104 Å². The van der Waals surface area contributed by atoms with E-state index in [2.05, 4.69) is 5.32 Å². The van der Waals surface area contributed by atoms with E-state index in [0.717, 1.165) is 56.3 Å². The number of fused-ring (bicyclic) bond motifs is 1. The number of amides is 3. The highest BCUT2D eigenvalue weighted by molar-refractivity contribution is 6.22. The predicted molar refractivity (Wildman–Crippen MR) is 109 cm³/mol. The van der Waals surface area contributed by atoms with Gasteiger partial charge in [-0.2, -0.15) is 0 Å². The van der Waals surface area contributed by atoms with Gasteiger partial charge < -0.3 is 10.4 Å². The van der Waals surface area contributed by atoms with Crippen LogP contribution in [-0.4, -0.2) is 46.3 Å². The minimum absolute atomic E-state index is 0.249. The largest absolute Gasteiger partial charge is 0.481 e. The van der Waals surface area contributed by atoms with Crippen LogP contribution in [0.3, 0.4) is 0 Å². The third kappa shape index (κ3) is 6.41. The average molecular weight is 402 g/mol. The molecule has 1 unspecified atom stereocenters. The van der Waals surface area contributed by atoms with Crippen LogP contribution < -0.4 is 5.32 Å². The molecule has 2 rings (SSSR count). The van der Waals surface area contributed by atoms with Crippen molar-refractivity contribution in [2.45, 2.75) is 70.8 Å². The summed E-state index contributed by atoms with van der Waals surface area (Å²) in [7, 11) is 0. The van der Waals surface area contributed by atoms with Crippen LogP contribution in [0.1, 0.15) is 85.4 Å². The van der Waals surface area contributed by atoms with Crippen molar-refractivity contribution < 1.29 is 24.3 Å². The Balaban J connectivity index is 1.59. The maximum Gasteiger partial charge on any atom is 0.303 e. The fraction of sp³-hybridized carbons (Fsp3) is 0.545. The molecule has 0 saturated heterocycles. The molecule has 2 N–H and O–H groups in total. The van der Waals surface area contributed by atoms with Gasteiger partial charge in [0.2, 0.25) is 5.91 Å². The molecule has 7 nitrogen and oxygen atoms in total. The number of hydrogen-bond acceptors (Lipinski definition) is 4. The Kier molecular flexibility index (Phi) is 8.83. The molecule has 0 fully saturated rings. The molecule has 1 aromatic carbocycles. The number of unbranched alkanes of at least 4 members (excludes halogenated alkanes) is 7. The smallest absolute Gasteiger partial charge is 0.303 e. The van der Waals surface area contributed by atoms with Crippen LogP contribution in [0.15, 0.2) is 24.3 Å². The van der Waals surface area contributed by atoms with Gasteiger partial charge >= 0.3 is 5.97 Å². The van der Waals surface area contributed by atoms with Crippen LogP contribution in [-0.2, 0) is 9.59 Å². The van der Waals surface area contributed by atoms with Gasteiger partial charge in [-0.05, 0) is 31.9 Å². The second-order valence-electron chi connectivity index (χ2n) is 7.47. The summed E-state index contributed by atoms with van der Waals surface area (Å²) in [4.78, 5) is 48.7. The molecule has 7 heteroatoms. The number of aliphatic carboxylic acids is 1. The highest BCUT2D eigenvalue weighted by Crippen LogP contribution is 2.24.